The maximum absolute atomic E-state index is 12.7. The van der Waals surface area contributed by atoms with Crippen molar-refractivity contribution < 1.29 is 47.1 Å². The summed E-state index contributed by atoms with van der Waals surface area (Å²) in [4.78, 5) is 46.8. The molecule has 354 valence electrons. The van der Waals surface area contributed by atoms with Crippen molar-refractivity contribution in [3.8, 4) is 0 Å². The van der Waals surface area contributed by atoms with Crippen molar-refractivity contribution in [3.05, 3.63) is 0 Å². The summed E-state index contributed by atoms with van der Waals surface area (Å²) >= 11 is 0. The van der Waals surface area contributed by atoms with Crippen molar-refractivity contribution in [1.82, 2.24) is 17.6 Å². The van der Waals surface area contributed by atoms with Gasteiger partial charge in [0.1, 0.15) is 13.2 Å². The Hall–Kier alpha value is -1.80. The number of carbonyl (C=O) groups is 3. The van der Waals surface area contributed by atoms with Crippen LogP contribution in [0.3, 0.4) is 0 Å². The Labute approximate surface area is 360 Å². The van der Waals surface area contributed by atoms with E-state index in [0.29, 0.717) is 12.8 Å². The second-order valence-electron chi connectivity index (χ2n) is 15.6. The van der Waals surface area contributed by atoms with Crippen molar-refractivity contribution in [1.29, 1.82) is 0 Å². The minimum absolute atomic E-state index is 0. The Morgan fingerprint density at radius 2 is 0.898 bits per heavy atom. The summed E-state index contributed by atoms with van der Waals surface area (Å²) in [5.41, 5.74) is 5.28. The lowest BCUT2D eigenvalue weighted by atomic mass is 10.0. The van der Waals surface area contributed by atoms with Crippen LogP contribution >= 0.6 is 7.82 Å². The SMILES string of the molecule is CCCCCCCCCCCCCCCCCC(=O)OC[C@H](COP(=O)(O)OCCNC(=O)OCCN)OC(=O)CCCCCCCCCCCCCCCCC.N.N. The quantitative estimate of drug-likeness (QED) is 0.0166. The zero-order valence-electron chi connectivity index (χ0n) is 38.0. The molecule has 0 aliphatic rings. The molecule has 0 radical (unpaired) electrons. The molecule has 2 atom stereocenters. The van der Waals surface area contributed by atoms with Crippen LogP contribution in [0, 0.1) is 0 Å². The van der Waals surface area contributed by atoms with Gasteiger partial charge in [-0.15, -0.1) is 0 Å². The maximum atomic E-state index is 12.7. The van der Waals surface area contributed by atoms with E-state index in [1.54, 1.807) is 0 Å². The third-order valence-electron chi connectivity index (χ3n) is 10.1. The lowest BCUT2D eigenvalue weighted by Gasteiger charge is -2.20. The molecule has 14 nitrogen and oxygen atoms in total. The number of carbonyl (C=O) groups excluding carboxylic acids is 3. The molecule has 59 heavy (non-hydrogen) atoms. The fourth-order valence-corrected chi connectivity index (χ4v) is 7.38. The van der Waals surface area contributed by atoms with Crippen molar-refractivity contribution in [2.75, 3.05) is 39.5 Å². The van der Waals surface area contributed by atoms with E-state index in [9.17, 15) is 23.8 Å². The van der Waals surface area contributed by atoms with E-state index in [4.69, 9.17) is 29.0 Å². The summed E-state index contributed by atoms with van der Waals surface area (Å²) in [5, 5.41) is 2.36. The van der Waals surface area contributed by atoms with Crippen LogP contribution in [0.4, 0.5) is 4.79 Å². The van der Waals surface area contributed by atoms with Crippen LogP contribution in [-0.4, -0.2) is 68.5 Å². The number of phosphoric ester groups is 1. The summed E-state index contributed by atoms with van der Waals surface area (Å²) < 4.78 is 38.1. The fraction of sp³-hybridized carbons (Fsp3) is 0.932. The smallest absolute Gasteiger partial charge is 0.462 e. The number of amides is 1. The molecule has 0 aromatic heterocycles. The number of esters is 2. The van der Waals surface area contributed by atoms with Crippen LogP contribution in [0.5, 0.6) is 0 Å². The second-order valence-corrected chi connectivity index (χ2v) is 17.1. The minimum atomic E-state index is -4.56. The maximum Gasteiger partial charge on any atom is 0.472 e. The molecular weight excluding hydrogens is 775 g/mol. The van der Waals surface area contributed by atoms with E-state index in [1.807, 2.05) is 0 Å². The molecule has 15 heteroatoms. The third kappa shape index (κ3) is 47.1. The number of hydrogen-bond donors (Lipinski definition) is 5. The summed E-state index contributed by atoms with van der Waals surface area (Å²) in [6.45, 7) is 3.48. The molecule has 0 aromatic carbocycles. The van der Waals surface area contributed by atoms with E-state index < -0.39 is 38.6 Å². The van der Waals surface area contributed by atoms with Gasteiger partial charge < -0.3 is 42.5 Å². The summed E-state index contributed by atoms with van der Waals surface area (Å²) in [5.74, 6) is -0.894. The largest absolute Gasteiger partial charge is 0.472 e. The van der Waals surface area contributed by atoms with E-state index in [1.165, 1.54) is 148 Å². The first-order chi connectivity index (χ1) is 27.7. The van der Waals surface area contributed by atoms with Crippen LogP contribution < -0.4 is 23.4 Å². The zero-order valence-corrected chi connectivity index (χ0v) is 38.9. The number of unbranched alkanes of at least 4 members (excludes halogenated alkanes) is 28. The predicted molar refractivity (Wildman–Crippen MR) is 240 cm³/mol. The standard InChI is InChI=1S/C44H87N2O10P.2H3N/c1-3-5-7-9-11-13-15-17-19-21-23-25-27-29-31-33-42(47)53-39-41(40-55-57(50,51)54-38-36-46-44(49)52-37-35-45)56-43(48)34-32-30-28-26-24-22-20-18-16-14-12-10-8-6-4-2;;/h41H,3-40,45H2,1-2H3,(H,46,49)(H,50,51);2*1H3/t41-;;/m1../s1. The van der Waals surface area contributed by atoms with Gasteiger partial charge in [-0.1, -0.05) is 194 Å². The molecule has 0 rings (SSSR count). The van der Waals surface area contributed by atoms with Crippen molar-refractivity contribution >= 4 is 25.9 Å². The normalized spacial score (nSPS) is 12.5. The molecule has 0 spiro atoms. The first kappa shape index (κ1) is 61.5. The van der Waals surface area contributed by atoms with Crippen LogP contribution in [0.2, 0.25) is 0 Å². The van der Waals surface area contributed by atoms with Gasteiger partial charge in [-0.3, -0.25) is 18.6 Å². The lowest BCUT2D eigenvalue weighted by Crippen LogP contribution is -2.30. The number of alkyl carbamates (subject to hydrolysis) is 1. The first-order valence-corrected chi connectivity index (χ1v) is 24.8. The van der Waals surface area contributed by atoms with Crippen LogP contribution in [0.15, 0.2) is 0 Å². The van der Waals surface area contributed by atoms with Crippen molar-refractivity contribution in [3.63, 3.8) is 0 Å². The van der Waals surface area contributed by atoms with Gasteiger partial charge >= 0.3 is 25.9 Å². The van der Waals surface area contributed by atoms with Gasteiger partial charge in [-0.05, 0) is 12.8 Å². The van der Waals surface area contributed by atoms with E-state index in [-0.39, 0.29) is 58.1 Å². The zero-order chi connectivity index (χ0) is 41.9. The molecule has 0 heterocycles. The van der Waals surface area contributed by atoms with Gasteiger partial charge in [0.05, 0.1) is 13.2 Å². The summed E-state index contributed by atoms with van der Waals surface area (Å²) in [7, 11) is -4.56. The Balaban J connectivity index is -0.0000157. The molecule has 0 aliphatic carbocycles. The fourth-order valence-electron chi connectivity index (χ4n) is 6.63. The topological polar surface area (TPSA) is 243 Å². The highest BCUT2D eigenvalue weighted by molar-refractivity contribution is 7.47. The van der Waals surface area contributed by atoms with Gasteiger partial charge in [-0.25, -0.2) is 9.36 Å². The van der Waals surface area contributed by atoms with E-state index in [2.05, 4.69) is 19.2 Å². The second kappa shape index (κ2) is 47.3. The number of nitrogens with one attached hydrogen (secondary N) is 1. The first-order valence-electron chi connectivity index (χ1n) is 23.3. The molecular formula is C44H93N4O10P. The summed E-state index contributed by atoms with van der Waals surface area (Å²) in [6, 6.07) is 0. The van der Waals surface area contributed by atoms with E-state index >= 15 is 0 Å². The molecule has 0 fully saturated rings. The lowest BCUT2D eigenvalue weighted by molar-refractivity contribution is -0.161. The Bertz CT molecular complexity index is 982. The minimum Gasteiger partial charge on any atom is -0.462 e. The van der Waals surface area contributed by atoms with Crippen molar-refractivity contribution in [2.24, 2.45) is 5.73 Å². The molecule has 0 aromatic rings. The average Bonchev–Trinajstić information content (AvgIpc) is 3.19. The monoisotopic (exact) mass is 869 g/mol. The van der Waals surface area contributed by atoms with Gasteiger partial charge in [0.2, 0.25) is 0 Å². The van der Waals surface area contributed by atoms with Crippen LogP contribution in [0.1, 0.15) is 219 Å². The molecule has 0 saturated heterocycles. The van der Waals surface area contributed by atoms with Gasteiger partial charge in [0, 0.05) is 25.9 Å². The molecule has 0 aliphatic heterocycles. The molecule has 0 saturated carbocycles. The van der Waals surface area contributed by atoms with Crippen LogP contribution in [-0.2, 0) is 37.4 Å². The Morgan fingerprint density at radius 1 is 0.525 bits per heavy atom. The predicted octanol–water partition coefficient (Wildman–Crippen LogP) is 12.1. The van der Waals surface area contributed by atoms with Gasteiger partial charge in [0.25, 0.3) is 0 Å². The number of ether oxygens (including phenoxy) is 3. The molecule has 1 amide bonds. The molecule has 1 unspecified atom stereocenters. The summed E-state index contributed by atoms with van der Waals surface area (Å²) in [6.07, 6.45) is 35.5. The van der Waals surface area contributed by atoms with Gasteiger partial charge in [-0.2, -0.15) is 0 Å². The van der Waals surface area contributed by atoms with Crippen LogP contribution in [0.25, 0.3) is 0 Å². The Kier molecular flexibility index (Phi) is 49.3. The Morgan fingerprint density at radius 3 is 1.29 bits per heavy atom. The highest BCUT2D eigenvalue weighted by Crippen LogP contribution is 2.43. The average molecular weight is 869 g/mol. The molecule has 10 N–H and O–H groups in total. The highest BCUT2D eigenvalue weighted by Gasteiger charge is 2.26. The number of hydrogen-bond acceptors (Lipinski definition) is 12. The van der Waals surface area contributed by atoms with E-state index in [0.717, 1.165) is 32.1 Å². The number of phosphoric acid groups is 1. The number of rotatable bonds is 44. The third-order valence-corrected chi connectivity index (χ3v) is 11.1. The highest BCUT2D eigenvalue weighted by atomic mass is 31.2. The number of nitrogens with two attached hydrogens (primary N) is 1. The van der Waals surface area contributed by atoms with Crippen molar-refractivity contribution in [2.45, 2.75) is 225 Å². The molecule has 0 bridgehead atoms. The van der Waals surface area contributed by atoms with Gasteiger partial charge in [0.15, 0.2) is 6.10 Å².